The van der Waals surface area contributed by atoms with Crippen molar-refractivity contribution in [3.63, 3.8) is 0 Å². The Hall–Kier alpha value is -3.31. The van der Waals surface area contributed by atoms with Gasteiger partial charge in [0.05, 0.1) is 24.8 Å². The molecular formula is C26H29O14+. The van der Waals surface area contributed by atoms with Gasteiger partial charge < -0.3 is 64.9 Å². The highest BCUT2D eigenvalue weighted by Crippen LogP contribution is 2.41. The predicted molar refractivity (Wildman–Crippen MR) is 132 cm³/mol. The highest BCUT2D eigenvalue weighted by Gasteiger charge is 2.50. The molecule has 2 aromatic carbocycles. The molecule has 0 unspecified atom stereocenters. The van der Waals surface area contributed by atoms with Gasteiger partial charge in [-0.1, -0.05) is 0 Å². The molecule has 3 heterocycles. The number of hydrogen-bond acceptors (Lipinski definition) is 13. The highest BCUT2D eigenvalue weighted by atomic mass is 16.8. The number of phenolic OH excluding ortho intramolecular Hbond substituents is 3. The van der Waals surface area contributed by atoms with Gasteiger partial charge in [-0.05, 0) is 24.3 Å². The molecule has 0 amide bonds. The average Bonchev–Trinajstić information content (AvgIpc) is 2.93. The Morgan fingerprint density at radius 2 is 1.55 bits per heavy atom. The fraction of sp³-hybridized carbons (Fsp3) is 0.423. The van der Waals surface area contributed by atoms with E-state index in [4.69, 9.17) is 23.4 Å². The number of aliphatic hydroxyl groups excluding tert-OH is 6. The molecule has 2 aliphatic rings. The van der Waals surface area contributed by atoms with Crippen LogP contribution in [0.2, 0.25) is 0 Å². The Morgan fingerprint density at radius 1 is 0.825 bits per heavy atom. The quantitative estimate of drug-likeness (QED) is 0.166. The second kappa shape index (κ2) is 11.3. The molecular weight excluding hydrogens is 536 g/mol. The number of fused-ring (bicyclic) bond motifs is 1. The van der Waals surface area contributed by atoms with Crippen molar-refractivity contribution in [2.45, 2.75) is 55.3 Å². The van der Waals surface area contributed by atoms with Crippen LogP contribution >= 0.6 is 0 Å². The summed E-state index contributed by atoms with van der Waals surface area (Å²) in [6.07, 6.45) is -14.3. The minimum absolute atomic E-state index is 0.0346. The van der Waals surface area contributed by atoms with E-state index in [1.165, 1.54) is 36.4 Å². The molecule has 0 aliphatic carbocycles. The van der Waals surface area contributed by atoms with Gasteiger partial charge in [-0.2, -0.15) is 0 Å². The van der Waals surface area contributed by atoms with E-state index in [9.17, 15) is 46.0 Å². The van der Waals surface area contributed by atoms with Crippen molar-refractivity contribution in [1.82, 2.24) is 0 Å². The summed E-state index contributed by atoms with van der Waals surface area (Å²) in [5, 5.41) is 91.4. The summed E-state index contributed by atoms with van der Waals surface area (Å²) in [6, 6.07) is 9.45. The SMILES string of the molecule is OC[C@H]1O[C@@H](Oc2cc3c(O)cc(O)cc3[o+]c2-c2ccc(O)cc2)[C@H](O[C@@H]2OC[C@@H](O)[C@H](O)[C@H]2O)[C@@H](O)[C@H]1O. The zero-order valence-electron chi connectivity index (χ0n) is 20.7. The Labute approximate surface area is 226 Å². The number of aliphatic hydroxyl groups is 6. The van der Waals surface area contributed by atoms with Crippen LogP contribution in [0, 0.1) is 0 Å². The molecule has 14 heteroatoms. The lowest BCUT2D eigenvalue weighted by molar-refractivity contribution is -0.344. The van der Waals surface area contributed by atoms with Gasteiger partial charge in [0.25, 0.3) is 0 Å². The van der Waals surface area contributed by atoms with Crippen LogP contribution in [0.15, 0.2) is 46.9 Å². The number of rotatable bonds is 6. The number of ether oxygens (including phenoxy) is 4. The largest absolute Gasteiger partial charge is 0.508 e. The van der Waals surface area contributed by atoms with Crippen LogP contribution in [0.3, 0.4) is 0 Å². The highest BCUT2D eigenvalue weighted by molar-refractivity contribution is 5.88. The van der Waals surface area contributed by atoms with E-state index in [0.717, 1.165) is 6.07 Å². The monoisotopic (exact) mass is 565 g/mol. The molecule has 1 aromatic heterocycles. The average molecular weight is 566 g/mol. The van der Waals surface area contributed by atoms with Gasteiger partial charge in [0.15, 0.2) is 12.4 Å². The maximum atomic E-state index is 10.9. The van der Waals surface area contributed by atoms with E-state index in [1.54, 1.807) is 0 Å². The zero-order valence-corrected chi connectivity index (χ0v) is 20.7. The predicted octanol–water partition coefficient (Wildman–Crippen LogP) is -0.860. The molecule has 14 nitrogen and oxygen atoms in total. The molecule has 9 N–H and O–H groups in total. The van der Waals surface area contributed by atoms with E-state index >= 15 is 0 Å². The van der Waals surface area contributed by atoms with Crippen LogP contribution in [-0.4, -0.2) is 114 Å². The molecule has 5 rings (SSSR count). The van der Waals surface area contributed by atoms with Crippen molar-refractivity contribution in [2.24, 2.45) is 0 Å². The lowest BCUT2D eigenvalue weighted by Crippen LogP contribution is -2.63. The molecule has 2 aliphatic heterocycles. The zero-order chi connectivity index (χ0) is 28.7. The van der Waals surface area contributed by atoms with Crippen LogP contribution in [0.25, 0.3) is 22.3 Å². The molecule has 0 bridgehead atoms. The number of aromatic hydroxyl groups is 3. The van der Waals surface area contributed by atoms with Crippen molar-refractivity contribution >= 4 is 11.0 Å². The van der Waals surface area contributed by atoms with Gasteiger partial charge >= 0.3 is 11.3 Å². The van der Waals surface area contributed by atoms with Crippen LogP contribution < -0.4 is 4.74 Å². The van der Waals surface area contributed by atoms with E-state index < -0.39 is 68.5 Å². The fourth-order valence-electron chi connectivity index (χ4n) is 4.56. The minimum atomic E-state index is -1.75. The Kier molecular flexibility index (Phi) is 7.96. The Balaban J connectivity index is 1.55. The summed E-state index contributed by atoms with van der Waals surface area (Å²) in [5.74, 6) is -0.711. The van der Waals surface area contributed by atoms with Crippen molar-refractivity contribution in [1.29, 1.82) is 0 Å². The molecule has 3 aromatic rings. The summed E-state index contributed by atoms with van der Waals surface area (Å²) in [5.41, 5.74) is 0.452. The van der Waals surface area contributed by atoms with E-state index in [0.29, 0.717) is 5.56 Å². The van der Waals surface area contributed by atoms with E-state index in [-0.39, 0.29) is 39.7 Å². The summed E-state index contributed by atoms with van der Waals surface area (Å²) < 4.78 is 28.6. The Bertz CT molecular complexity index is 1330. The molecule has 9 atom stereocenters. The van der Waals surface area contributed by atoms with Gasteiger partial charge in [-0.3, -0.25) is 0 Å². The molecule has 216 valence electrons. The second-order valence-corrected chi connectivity index (χ2v) is 9.54. The van der Waals surface area contributed by atoms with Crippen LogP contribution in [0.5, 0.6) is 23.0 Å². The van der Waals surface area contributed by atoms with Gasteiger partial charge in [-0.15, -0.1) is 0 Å². The lowest BCUT2D eigenvalue weighted by atomic mass is 9.98. The third kappa shape index (κ3) is 5.36. The molecule has 0 saturated carbocycles. The summed E-state index contributed by atoms with van der Waals surface area (Å²) >= 11 is 0. The Morgan fingerprint density at radius 3 is 2.25 bits per heavy atom. The van der Waals surface area contributed by atoms with Gasteiger partial charge in [0.2, 0.25) is 12.0 Å². The first-order valence-electron chi connectivity index (χ1n) is 12.3. The first kappa shape index (κ1) is 28.2. The third-order valence-corrected chi connectivity index (χ3v) is 6.76. The summed E-state index contributed by atoms with van der Waals surface area (Å²) in [7, 11) is 0. The van der Waals surface area contributed by atoms with Crippen molar-refractivity contribution in [2.75, 3.05) is 13.2 Å². The molecule has 0 spiro atoms. The first-order chi connectivity index (χ1) is 19.1. The minimum Gasteiger partial charge on any atom is -0.508 e. The van der Waals surface area contributed by atoms with E-state index in [2.05, 4.69) is 0 Å². The fourth-order valence-corrected chi connectivity index (χ4v) is 4.56. The molecule has 2 fully saturated rings. The van der Waals surface area contributed by atoms with Gasteiger partial charge in [0.1, 0.15) is 59.3 Å². The first-order valence-corrected chi connectivity index (χ1v) is 12.3. The molecule has 40 heavy (non-hydrogen) atoms. The van der Waals surface area contributed by atoms with Gasteiger partial charge in [-0.25, -0.2) is 4.42 Å². The van der Waals surface area contributed by atoms with Crippen LogP contribution in [0.1, 0.15) is 0 Å². The van der Waals surface area contributed by atoms with Crippen LogP contribution in [-0.2, 0) is 14.2 Å². The van der Waals surface area contributed by atoms with Crippen molar-refractivity contribution in [3.8, 4) is 34.3 Å². The number of phenols is 3. The summed E-state index contributed by atoms with van der Waals surface area (Å²) in [4.78, 5) is 0. The second-order valence-electron chi connectivity index (χ2n) is 9.54. The molecule has 0 radical (unpaired) electrons. The maximum Gasteiger partial charge on any atom is 0.402 e. The topological polar surface area (TPSA) is 230 Å². The smallest absolute Gasteiger partial charge is 0.402 e. The standard InChI is InChI=1S/C26H28O14/c27-8-18-20(33)21(34)24(40-25-22(35)19(32)15(31)9-36-25)26(39-18)38-17-7-13-14(30)5-12(29)6-16(13)37-23(17)10-1-3-11(28)4-2-10/h1-7,15,18-22,24-27,31-35H,8-9H2,(H2-,28,29,30)/p+1/t15-,18-,19+,20+,21+,22-,24-,25+,26-/m1/s1. The normalized spacial score (nSPS) is 32.7. The third-order valence-electron chi connectivity index (χ3n) is 6.76. The number of hydrogen-bond donors (Lipinski definition) is 9. The van der Waals surface area contributed by atoms with Crippen molar-refractivity contribution < 1.29 is 69.3 Å². The molecule has 2 saturated heterocycles. The summed E-state index contributed by atoms with van der Waals surface area (Å²) in [6.45, 7) is -1.12. The number of benzene rings is 2. The lowest BCUT2D eigenvalue weighted by Gasteiger charge is -2.44. The van der Waals surface area contributed by atoms with Crippen molar-refractivity contribution in [3.05, 3.63) is 42.5 Å². The van der Waals surface area contributed by atoms with E-state index in [1.807, 2.05) is 0 Å². The van der Waals surface area contributed by atoms with Crippen LogP contribution in [0.4, 0.5) is 0 Å². The van der Waals surface area contributed by atoms with Gasteiger partial charge in [0, 0.05) is 12.1 Å². The maximum absolute atomic E-state index is 10.9.